The Morgan fingerprint density at radius 3 is 3.00 bits per heavy atom. The van der Waals surface area contributed by atoms with Gasteiger partial charge in [-0.05, 0) is 12.1 Å². The molecule has 0 saturated heterocycles. The Morgan fingerprint density at radius 2 is 2.31 bits per heavy atom. The largest absolute Gasteiger partial charge is 0.485 e. The SMILES string of the molecule is CCc1nc(COc2cccc(N)c2)no1. The first-order chi connectivity index (χ1) is 7.78. The minimum atomic E-state index is 0.285. The number of nitrogens with zero attached hydrogens (tertiary/aromatic N) is 2. The molecule has 0 aliphatic rings. The summed E-state index contributed by atoms with van der Waals surface area (Å²) in [6, 6.07) is 7.22. The van der Waals surface area contributed by atoms with Crippen molar-refractivity contribution in [3.8, 4) is 5.75 Å². The topological polar surface area (TPSA) is 74.2 Å². The van der Waals surface area contributed by atoms with Crippen molar-refractivity contribution >= 4 is 5.69 Å². The normalized spacial score (nSPS) is 10.3. The van der Waals surface area contributed by atoms with E-state index in [0.29, 0.717) is 23.2 Å². The molecule has 1 heterocycles. The Morgan fingerprint density at radius 1 is 1.44 bits per heavy atom. The Labute approximate surface area is 93.2 Å². The molecule has 0 radical (unpaired) electrons. The molecular weight excluding hydrogens is 206 g/mol. The van der Waals surface area contributed by atoms with Crippen molar-refractivity contribution in [1.29, 1.82) is 0 Å². The molecule has 5 heteroatoms. The van der Waals surface area contributed by atoms with Gasteiger partial charge in [-0.2, -0.15) is 4.98 Å². The van der Waals surface area contributed by atoms with Gasteiger partial charge in [-0.15, -0.1) is 0 Å². The maximum atomic E-state index is 5.62. The average Bonchev–Trinajstić information content (AvgIpc) is 2.74. The van der Waals surface area contributed by atoms with Gasteiger partial charge >= 0.3 is 0 Å². The second-order valence-corrected chi connectivity index (χ2v) is 3.32. The van der Waals surface area contributed by atoms with Crippen LogP contribution in [-0.4, -0.2) is 10.1 Å². The van der Waals surface area contributed by atoms with Crippen LogP contribution >= 0.6 is 0 Å². The molecule has 5 nitrogen and oxygen atoms in total. The molecule has 16 heavy (non-hydrogen) atoms. The first kappa shape index (κ1) is 10.5. The lowest BCUT2D eigenvalue weighted by Crippen LogP contribution is -1.98. The summed E-state index contributed by atoms with van der Waals surface area (Å²) >= 11 is 0. The van der Waals surface area contributed by atoms with Crippen LogP contribution in [0.4, 0.5) is 5.69 Å². The number of rotatable bonds is 4. The van der Waals surface area contributed by atoms with Gasteiger partial charge in [0.2, 0.25) is 11.7 Å². The predicted octanol–water partition coefficient (Wildman–Crippen LogP) is 1.79. The van der Waals surface area contributed by atoms with Crippen LogP contribution in [0, 0.1) is 0 Å². The summed E-state index contributed by atoms with van der Waals surface area (Å²) in [4.78, 5) is 4.13. The summed E-state index contributed by atoms with van der Waals surface area (Å²) < 4.78 is 10.4. The van der Waals surface area contributed by atoms with E-state index >= 15 is 0 Å². The van der Waals surface area contributed by atoms with E-state index in [-0.39, 0.29) is 6.61 Å². The fraction of sp³-hybridized carbons (Fsp3) is 0.273. The summed E-state index contributed by atoms with van der Waals surface area (Å²) in [6.45, 7) is 2.24. The molecule has 2 aromatic rings. The van der Waals surface area contributed by atoms with Crippen LogP contribution in [0.2, 0.25) is 0 Å². The Balaban J connectivity index is 1.96. The molecule has 0 unspecified atom stereocenters. The van der Waals surface area contributed by atoms with E-state index in [1.807, 2.05) is 19.1 Å². The second-order valence-electron chi connectivity index (χ2n) is 3.32. The number of benzene rings is 1. The van der Waals surface area contributed by atoms with Gasteiger partial charge in [0, 0.05) is 18.2 Å². The highest BCUT2D eigenvalue weighted by molar-refractivity contribution is 5.43. The number of nitrogen functional groups attached to an aromatic ring is 1. The first-order valence-corrected chi connectivity index (χ1v) is 5.07. The van der Waals surface area contributed by atoms with E-state index in [9.17, 15) is 0 Å². The highest BCUT2D eigenvalue weighted by Gasteiger charge is 2.04. The van der Waals surface area contributed by atoms with Crippen LogP contribution < -0.4 is 10.5 Å². The van der Waals surface area contributed by atoms with E-state index in [4.69, 9.17) is 15.0 Å². The van der Waals surface area contributed by atoms with Gasteiger partial charge in [0.1, 0.15) is 5.75 Å². The fourth-order valence-corrected chi connectivity index (χ4v) is 1.24. The highest BCUT2D eigenvalue weighted by Crippen LogP contribution is 2.15. The van der Waals surface area contributed by atoms with Crippen LogP contribution in [0.5, 0.6) is 5.75 Å². The molecule has 1 aromatic heterocycles. The molecule has 2 N–H and O–H groups in total. The average molecular weight is 219 g/mol. The molecular formula is C11H13N3O2. The van der Waals surface area contributed by atoms with Crippen LogP contribution in [0.1, 0.15) is 18.6 Å². The van der Waals surface area contributed by atoms with Crippen molar-refractivity contribution in [2.24, 2.45) is 0 Å². The standard InChI is InChI=1S/C11H13N3O2/c1-2-11-13-10(14-16-11)7-15-9-5-3-4-8(12)6-9/h3-6H,2,7,12H2,1H3. The van der Waals surface area contributed by atoms with Crippen molar-refractivity contribution < 1.29 is 9.26 Å². The van der Waals surface area contributed by atoms with Gasteiger partial charge < -0.3 is 15.0 Å². The number of ether oxygens (including phenoxy) is 1. The molecule has 0 bridgehead atoms. The number of aromatic nitrogens is 2. The molecule has 0 aliphatic carbocycles. The van der Waals surface area contributed by atoms with E-state index in [1.54, 1.807) is 12.1 Å². The monoisotopic (exact) mass is 219 g/mol. The van der Waals surface area contributed by atoms with Crippen molar-refractivity contribution in [3.05, 3.63) is 36.0 Å². The minimum absolute atomic E-state index is 0.285. The molecule has 0 aliphatic heterocycles. The molecule has 0 spiro atoms. The van der Waals surface area contributed by atoms with Crippen molar-refractivity contribution in [1.82, 2.24) is 10.1 Å². The molecule has 84 valence electrons. The van der Waals surface area contributed by atoms with Gasteiger partial charge in [-0.3, -0.25) is 0 Å². The predicted molar refractivity (Wildman–Crippen MR) is 58.9 cm³/mol. The van der Waals surface area contributed by atoms with Gasteiger partial charge in [-0.25, -0.2) is 0 Å². The molecule has 0 atom stereocenters. The van der Waals surface area contributed by atoms with Crippen LogP contribution in [0.25, 0.3) is 0 Å². The van der Waals surface area contributed by atoms with Crippen LogP contribution in [0.3, 0.4) is 0 Å². The van der Waals surface area contributed by atoms with Crippen molar-refractivity contribution in [2.75, 3.05) is 5.73 Å². The van der Waals surface area contributed by atoms with Gasteiger partial charge in [0.15, 0.2) is 6.61 Å². The Bertz CT molecular complexity index is 468. The molecule has 0 saturated carbocycles. The van der Waals surface area contributed by atoms with E-state index in [0.717, 1.165) is 6.42 Å². The van der Waals surface area contributed by atoms with Crippen molar-refractivity contribution in [2.45, 2.75) is 20.0 Å². The molecule has 1 aromatic carbocycles. The van der Waals surface area contributed by atoms with E-state index < -0.39 is 0 Å². The summed E-state index contributed by atoms with van der Waals surface area (Å²) in [5.74, 6) is 1.85. The first-order valence-electron chi connectivity index (χ1n) is 5.07. The number of aryl methyl sites for hydroxylation is 1. The molecule has 0 fully saturated rings. The second kappa shape index (κ2) is 4.65. The number of nitrogens with two attached hydrogens (primary N) is 1. The molecule has 2 rings (SSSR count). The lowest BCUT2D eigenvalue weighted by molar-refractivity contribution is 0.285. The van der Waals surface area contributed by atoms with Gasteiger partial charge in [-0.1, -0.05) is 18.1 Å². The lowest BCUT2D eigenvalue weighted by Gasteiger charge is -2.03. The number of hydrogen-bond acceptors (Lipinski definition) is 5. The highest BCUT2D eigenvalue weighted by atomic mass is 16.5. The fourth-order valence-electron chi connectivity index (χ4n) is 1.24. The maximum absolute atomic E-state index is 5.62. The Hall–Kier alpha value is -2.04. The third-order valence-corrected chi connectivity index (χ3v) is 2.04. The van der Waals surface area contributed by atoms with Crippen LogP contribution in [0.15, 0.2) is 28.8 Å². The number of hydrogen-bond donors (Lipinski definition) is 1. The van der Waals surface area contributed by atoms with E-state index in [2.05, 4.69) is 10.1 Å². The smallest absolute Gasteiger partial charge is 0.226 e. The quantitative estimate of drug-likeness (QED) is 0.793. The third-order valence-electron chi connectivity index (χ3n) is 2.04. The number of anilines is 1. The third kappa shape index (κ3) is 2.50. The van der Waals surface area contributed by atoms with Gasteiger partial charge in [0.05, 0.1) is 0 Å². The zero-order chi connectivity index (χ0) is 11.4. The molecule has 0 amide bonds. The summed E-state index contributed by atoms with van der Waals surface area (Å²) in [5, 5.41) is 3.78. The van der Waals surface area contributed by atoms with Crippen LogP contribution in [-0.2, 0) is 13.0 Å². The Kier molecular flexibility index (Phi) is 3.05. The lowest BCUT2D eigenvalue weighted by atomic mass is 10.3. The minimum Gasteiger partial charge on any atom is -0.485 e. The zero-order valence-electron chi connectivity index (χ0n) is 9.01. The van der Waals surface area contributed by atoms with E-state index in [1.165, 1.54) is 0 Å². The maximum Gasteiger partial charge on any atom is 0.226 e. The van der Waals surface area contributed by atoms with Crippen molar-refractivity contribution in [3.63, 3.8) is 0 Å². The summed E-state index contributed by atoms with van der Waals surface area (Å²) in [7, 11) is 0. The summed E-state index contributed by atoms with van der Waals surface area (Å²) in [6.07, 6.45) is 0.727. The summed E-state index contributed by atoms with van der Waals surface area (Å²) in [5.41, 5.74) is 6.29. The van der Waals surface area contributed by atoms with Gasteiger partial charge in [0.25, 0.3) is 0 Å². The zero-order valence-corrected chi connectivity index (χ0v) is 9.01.